The molecule has 21 heavy (non-hydrogen) atoms. The predicted molar refractivity (Wildman–Crippen MR) is 89.5 cm³/mol. The van der Waals surface area contributed by atoms with Crippen molar-refractivity contribution in [1.82, 2.24) is 10.3 Å². The average Bonchev–Trinajstić information content (AvgIpc) is 2.55. The molecule has 0 saturated heterocycles. The van der Waals surface area contributed by atoms with Crippen molar-refractivity contribution in [1.29, 1.82) is 0 Å². The van der Waals surface area contributed by atoms with Crippen LogP contribution in [-0.4, -0.2) is 18.6 Å². The van der Waals surface area contributed by atoms with Gasteiger partial charge in [-0.1, -0.05) is 38.0 Å². The van der Waals surface area contributed by atoms with Crippen molar-refractivity contribution in [2.24, 2.45) is 11.8 Å². The van der Waals surface area contributed by atoms with Gasteiger partial charge in [-0.3, -0.25) is 4.98 Å². The van der Waals surface area contributed by atoms with Crippen LogP contribution >= 0.6 is 0 Å². The summed E-state index contributed by atoms with van der Waals surface area (Å²) in [5.41, 5.74) is 2.54. The number of rotatable bonds is 4. The zero-order valence-corrected chi connectivity index (χ0v) is 13.2. The lowest BCUT2D eigenvalue weighted by Gasteiger charge is -2.36. The lowest BCUT2D eigenvalue weighted by molar-refractivity contribution is 0.228. The van der Waals surface area contributed by atoms with Gasteiger partial charge in [0.25, 0.3) is 0 Å². The van der Waals surface area contributed by atoms with Gasteiger partial charge >= 0.3 is 0 Å². The second-order valence-corrected chi connectivity index (χ2v) is 6.47. The molecule has 1 saturated carbocycles. The Morgan fingerprint density at radius 3 is 2.90 bits per heavy atom. The van der Waals surface area contributed by atoms with Crippen LogP contribution in [0.15, 0.2) is 36.5 Å². The van der Waals surface area contributed by atoms with Crippen molar-refractivity contribution >= 4 is 10.9 Å². The van der Waals surface area contributed by atoms with Gasteiger partial charge in [0.1, 0.15) is 0 Å². The molecule has 2 heteroatoms. The Bertz CT molecular complexity index is 593. The molecule has 2 aromatic rings. The molecule has 3 unspecified atom stereocenters. The molecule has 1 aromatic carbocycles. The van der Waals surface area contributed by atoms with E-state index < -0.39 is 0 Å². The lowest BCUT2D eigenvalue weighted by Crippen LogP contribution is -2.30. The normalized spacial score (nSPS) is 26.1. The molecule has 1 N–H and O–H groups in total. The maximum absolute atomic E-state index is 4.68. The Morgan fingerprint density at radius 2 is 2.10 bits per heavy atom. The van der Waals surface area contributed by atoms with E-state index in [1.165, 1.54) is 36.6 Å². The molecular formula is C19H26N2. The van der Waals surface area contributed by atoms with Crippen molar-refractivity contribution in [3.63, 3.8) is 0 Å². The van der Waals surface area contributed by atoms with Gasteiger partial charge < -0.3 is 5.32 Å². The highest BCUT2D eigenvalue weighted by atomic mass is 14.8. The Balaban J connectivity index is 1.92. The van der Waals surface area contributed by atoms with Gasteiger partial charge in [0.2, 0.25) is 0 Å². The number of para-hydroxylation sites is 1. The first-order chi connectivity index (χ1) is 10.3. The molecule has 112 valence electrons. The van der Waals surface area contributed by atoms with E-state index in [4.69, 9.17) is 0 Å². The molecule has 0 spiro atoms. The number of hydrogen-bond acceptors (Lipinski definition) is 2. The van der Waals surface area contributed by atoms with Crippen LogP contribution in [-0.2, 0) is 0 Å². The molecule has 1 aliphatic rings. The number of hydrogen-bond donors (Lipinski definition) is 1. The van der Waals surface area contributed by atoms with Crippen LogP contribution in [0.5, 0.6) is 0 Å². The number of nitrogens with one attached hydrogen (secondary N) is 1. The molecule has 1 aliphatic carbocycles. The molecule has 1 heterocycles. The minimum Gasteiger partial charge on any atom is -0.319 e. The summed E-state index contributed by atoms with van der Waals surface area (Å²) < 4.78 is 0. The molecule has 2 nitrogen and oxygen atoms in total. The smallest absolute Gasteiger partial charge is 0.0702 e. The number of pyridine rings is 1. The van der Waals surface area contributed by atoms with Gasteiger partial charge in [-0.2, -0.15) is 0 Å². The van der Waals surface area contributed by atoms with Crippen molar-refractivity contribution in [3.8, 4) is 0 Å². The highest BCUT2D eigenvalue weighted by Crippen LogP contribution is 2.41. The standard InChI is InChI=1S/C19H26N2/c1-3-14-8-9-16(12-20-2)18(10-14)17-11-15-6-4-5-7-19(15)21-13-17/h4-7,11,13-14,16,18,20H,3,8-10,12H2,1-2H3. The third kappa shape index (κ3) is 3.11. The van der Waals surface area contributed by atoms with Crippen LogP contribution in [0.3, 0.4) is 0 Å². The minimum atomic E-state index is 0.660. The second-order valence-electron chi connectivity index (χ2n) is 6.47. The van der Waals surface area contributed by atoms with Crippen LogP contribution in [0.25, 0.3) is 10.9 Å². The maximum atomic E-state index is 4.68. The summed E-state index contributed by atoms with van der Waals surface area (Å²) in [6.07, 6.45) is 7.48. The third-order valence-electron chi connectivity index (χ3n) is 5.19. The van der Waals surface area contributed by atoms with E-state index in [1.54, 1.807) is 0 Å². The van der Waals surface area contributed by atoms with Gasteiger partial charge in [0.15, 0.2) is 0 Å². The highest BCUT2D eigenvalue weighted by molar-refractivity contribution is 5.78. The van der Waals surface area contributed by atoms with Crippen molar-refractivity contribution in [2.75, 3.05) is 13.6 Å². The zero-order valence-electron chi connectivity index (χ0n) is 13.2. The van der Waals surface area contributed by atoms with E-state index in [2.05, 4.69) is 60.8 Å². The first-order valence-corrected chi connectivity index (χ1v) is 8.31. The summed E-state index contributed by atoms with van der Waals surface area (Å²) in [6, 6.07) is 10.8. The maximum Gasteiger partial charge on any atom is 0.0702 e. The largest absolute Gasteiger partial charge is 0.319 e. The molecule has 1 fully saturated rings. The fraction of sp³-hybridized carbons (Fsp3) is 0.526. The van der Waals surface area contributed by atoms with Gasteiger partial charge in [-0.15, -0.1) is 0 Å². The molecule has 0 bridgehead atoms. The molecule has 3 rings (SSSR count). The summed E-state index contributed by atoms with van der Waals surface area (Å²) >= 11 is 0. The fourth-order valence-electron chi connectivity index (χ4n) is 3.90. The topological polar surface area (TPSA) is 24.9 Å². The highest BCUT2D eigenvalue weighted by Gasteiger charge is 2.30. The molecule has 0 aliphatic heterocycles. The molecule has 0 amide bonds. The third-order valence-corrected chi connectivity index (χ3v) is 5.19. The Kier molecular flexibility index (Phi) is 4.54. The summed E-state index contributed by atoms with van der Waals surface area (Å²) in [5, 5.41) is 4.66. The summed E-state index contributed by atoms with van der Waals surface area (Å²) in [7, 11) is 2.07. The molecule has 0 radical (unpaired) electrons. The van der Waals surface area contributed by atoms with Crippen LogP contribution in [0.1, 0.15) is 44.1 Å². The number of benzene rings is 1. The van der Waals surface area contributed by atoms with E-state index in [0.717, 1.165) is 23.9 Å². The first-order valence-electron chi connectivity index (χ1n) is 8.31. The Labute approximate surface area is 128 Å². The first kappa shape index (κ1) is 14.5. The van der Waals surface area contributed by atoms with Gasteiger partial charge in [-0.25, -0.2) is 0 Å². The SMILES string of the molecule is CCC1CCC(CNC)C(c2cnc3ccccc3c2)C1. The zero-order chi connectivity index (χ0) is 14.7. The van der Waals surface area contributed by atoms with Crippen molar-refractivity contribution < 1.29 is 0 Å². The van der Waals surface area contributed by atoms with Gasteiger partial charge in [0.05, 0.1) is 5.52 Å². The molecule has 3 atom stereocenters. The molecular weight excluding hydrogens is 256 g/mol. The second kappa shape index (κ2) is 6.57. The van der Waals surface area contributed by atoms with E-state index >= 15 is 0 Å². The fourth-order valence-corrected chi connectivity index (χ4v) is 3.90. The van der Waals surface area contributed by atoms with E-state index in [-0.39, 0.29) is 0 Å². The van der Waals surface area contributed by atoms with E-state index in [0.29, 0.717) is 5.92 Å². The predicted octanol–water partition coefficient (Wildman–Crippen LogP) is 4.36. The van der Waals surface area contributed by atoms with Crippen LogP contribution in [0, 0.1) is 11.8 Å². The van der Waals surface area contributed by atoms with Crippen LogP contribution < -0.4 is 5.32 Å². The van der Waals surface area contributed by atoms with Crippen molar-refractivity contribution in [2.45, 2.75) is 38.5 Å². The Hall–Kier alpha value is -1.41. The average molecular weight is 282 g/mol. The molecule has 1 aromatic heterocycles. The number of nitrogens with zero attached hydrogens (tertiary/aromatic N) is 1. The van der Waals surface area contributed by atoms with E-state index in [1.807, 2.05) is 0 Å². The number of aromatic nitrogens is 1. The summed E-state index contributed by atoms with van der Waals surface area (Å²) in [6.45, 7) is 3.45. The van der Waals surface area contributed by atoms with E-state index in [9.17, 15) is 0 Å². The summed E-state index contributed by atoms with van der Waals surface area (Å²) in [5.74, 6) is 2.29. The summed E-state index contributed by atoms with van der Waals surface area (Å²) in [4.78, 5) is 4.68. The lowest BCUT2D eigenvalue weighted by atomic mass is 9.70. The minimum absolute atomic E-state index is 0.660. The number of fused-ring (bicyclic) bond motifs is 1. The monoisotopic (exact) mass is 282 g/mol. The van der Waals surface area contributed by atoms with Gasteiger partial charge in [0, 0.05) is 11.6 Å². The van der Waals surface area contributed by atoms with Crippen molar-refractivity contribution in [3.05, 3.63) is 42.1 Å². The Morgan fingerprint density at radius 1 is 1.24 bits per heavy atom. The van der Waals surface area contributed by atoms with Gasteiger partial charge in [-0.05, 0) is 61.9 Å². The van der Waals surface area contributed by atoms with Crippen LogP contribution in [0.4, 0.5) is 0 Å². The quantitative estimate of drug-likeness (QED) is 0.901. The van der Waals surface area contributed by atoms with Crippen LogP contribution in [0.2, 0.25) is 0 Å².